The molecule has 0 bridgehead atoms. The molecule has 0 N–H and O–H groups in total. The molecule has 10 heavy (non-hydrogen) atoms. The van der Waals surface area contributed by atoms with E-state index in [2.05, 4.69) is 18.4 Å². The molecule has 50 valence electrons. The van der Waals surface area contributed by atoms with Crippen LogP contribution >= 0.6 is 11.3 Å². The van der Waals surface area contributed by atoms with Gasteiger partial charge in [0.25, 0.3) is 0 Å². The van der Waals surface area contributed by atoms with E-state index in [-0.39, 0.29) is 0 Å². The Kier molecular flexibility index (Phi) is 2.30. The second-order valence-corrected chi connectivity index (χ2v) is 2.82. The SMILES string of the molecule is C=C(C)C#Cc1ccsc1. The molecule has 0 aliphatic rings. The molecule has 0 spiro atoms. The molecule has 0 unspecified atom stereocenters. The lowest BCUT2D eigenvalue weighted by Crippen LogP contribution is -1.64. The molecule has 0 fully saturated rings. The summed E-state index contributed by atoms with van der Waals surface area (Å²) in [5.41, 5.74) is 1.99. The summed E-state index contributed by atoms with van der Waals surface area (Å²) in [6.45, 7) is 5.59. The van der Waals surface area contributed by atoms with Gasteiger partial charge < -0.3 is 0 Å². The fraction of sp³-hybridized carbons (Fsp3) is 0.111. The summed E-state index contributed by atoms with van der Waals surface area (Å²) >= 11 is 1.66. The molecule has 0 nitrogen and oxygen atoms in total. The van der Waals surface area contributed by atoms with Crippen LogP contribution in [0, 0.1) is 11.8 Å². The van der Waals surface area contributed by atoms with Crippen LogP contribution in [0.3, 0.4) is 0 Å². The van der Waals surface area contributed by atoms with Gasteiger partial charge in [-0.15, -0.1) is 0 Å². The molecule has 1 heterocycles. The zero-order valence-corrected chi connectivity index (χ0v) is 6.66. The zero-order valence-electron chi connectivity index (χ0n) is 5.85. The Hall–Kier alpha value is -1.000. The Labute approximate surface area is 65.2 Å². The molecule has 0 aliphatic heterocycles. The van der Waals surface area contributed by atoms with Crippen molar-refractivity contribution in [2.24, 2.45) is 0 Å². The van der Waals surface area contributed by atoms with Crippen LogP contribution in [-0.4, -0.2) is 0 Å². The van der Waals surface area contributed by atoms with Crippen molar-refractivity contribution in [1.82, 2.24) is 0 Å². The minimum atomic E-state index is 0.909. The predicted molar refractivity (Wildman–Crippen MR) is 46.0 cm³/mol. The fourth-order valence-electron chi connectivity index (χ4n) is 0.514. The lowest BCUT2D eigenvalue weighted by atomic mass is 10.3. The maximum absolute atomic E-state index is 3.68. The van der Waals surface area contributed by atoms with Crippen molar-refractivity contribution in [2.75, 3.05) is 0 Å². The first-order chi connectivity index (χ1) is 4.79. The quantitative estimate of drug-likeness (QED) is 0.496. The molecule has 0 amide bonds. The molecule has 0 saturated carbocycles. The van der Waals surface area contributed by atoms with Crippen LogP contribution in [0.5, 0.6) is 0 Å². The van der Waals surface area contributed by atoms with Crippen molar-refractivity contribution < 1.29 is 0 Å². The standard InChI is InChI=1S/C9H8S/c1-8(2)3-4-9-5-6-10-7-9/h5-7H,1H2,2H3. The minimum Gasteiger partial charge on any atom is -0.151 e. The highest BCUT2D eigenvalue weighted by Crippen LogP contribution is 2.03. The first-order valence-electron chi connectivity index (χ1n) is 2.99. The van der Waals surface area contributed by atoms with Gasteiger partial charge in [-0.3, -0.25) is 0 Å². The second kappa shape index (κ2) is 3.24. The Morgan fingerprint density at radius 2 is 2.50 bits per heavy atom. The van der Waals surface area contributed by atoms with Gasteiger partial charge in [0, 0.05) is 10.9 Å². The van der Waals surface area contributed by atoms with E-state index >= 15 is 0 Å². The molecule has 0 radical (unpaired) electrons. The van der Waals surface area contributed by atoms with Gasteiger partial charge in [0.05, 0.1) is 0 Å². The summed E-state index contributed by atoms with van der Waals surface area (Å²) in [7, 11) is 0. The summed E-state index contributed by atoms with van der Waals surface area (Å²) in [4.78, 5) is 0. The van der Waals surface area contributed by atoms with Crippen molar-refractivity contribution in [2.45, 2.75) is 6.92 Å². The molecular weight excluding hydrogens is 140 g/mol. The van der Waals surface area contributed by atoms with Crippen LogP contribution < -0.4 is 0 Å². The van der Waals surface area contributed by atoms with Gasteiger partial charge in [-0.25, -0.2) is 0 Å². The first kappa shape index (κ1) is 7.11. The predicted octanol–water partition coefficient (Wildman–Crippen LogP) is 2.68. The normalized spacial score (nSPS) is 8.10. The summed E-state index contributed by atoms with van der Waals surface area (Å²) in [6.07, 6.45) is 0. The number of allylic oxidation sites excluding steroid dienone is 1. The smallest absolute Gasteiger partial charge is 0.0355 e. The van der Waals surface area contributed by atoms with E-state index in [1.165, 1.54) is 0 Å². The molecule has 1 aromatic heterocycles. The second-order valence-electron chi connectivity index (χ2n) is 2.04. The van der Waals surface area contributed by atoms with Gasteiger partial charge in [0.2, 0.25) is 0 Å². The van der Waals surface area contributed by atoms with E-state index in [0.717, 1.165) is 11.1 Å². The van der Waals surface area contributed by atoms with Gasteiger partial charge >= 0.3 is 0 Å². The van der Waals surface area contributed by atoms with E-state index in [1.807, 2.05) is 23.8 Å². The molecule has 0 aromatic carbocycles. The lowest BCUT2D eigenvalue weighted by molar-refractivity contribution is 1.62. The highest BCUT2D eigenvalue weighted by molar-refractivity contribution is 7.08. The first-order valence-corrected chi connectivity index (χ1v) is 3.93. The largest absolute Gasteiger partial charge is 0.151 e. The monoisotopic (exact) mass is 148 g/mol. The van der Waals surface area contributed by atoms with Crippen molar-refractivity contribution >= 4 is 11.3 Å². The number of rotatable bonds is 0. The third-order valence-corrected chi connectivity index (χ3v) is 1.62. The average molecular weight is 148 g/mol. The van der Waals surface area contributed by atoms with E-state index in [0.29, 0.717) is 0 Å². The Bertz CT molecular complexity index is 269. The van der Waals surface area contributed by atoms with Gasteiger partial charge in [-0.1, -0.05) is 18.4 Å². The highest BCUT2D eigenvalue weighted by Gasteiger charge is 1.82. The van der Waals surface area contributed by atoms with Gasteiger partial charge in [0.15, 0.2) is 0 Å². The van der Waals surface area contributed by atoms with Crippen molar-refractivity contribution in [3.8, 4) is 11.8 Å². The summed E-state index contributed by atoms with van der Waals surface area (Å²) in [5, 5.41) is 4.04. The molecule has 1 aromatic rings. The highest BCUT2D eigenvalue weighted by atomic mass is 32.1. The van der Waals surface area contributed by atoms with Crippen LogP contribution in [0.4, 0.5) is 0 Å². The molecule has 0 saturated heterocycles. The van der Waals surface area contributed by atoms with Gasteiger partial charge in [0.1, 0.15) is 0 Å². The summed E-state index contributed by atoms with van der Waals surface area (Å²) in [6, 6.07) is 2.00. The zero-order chi connectivity index (χ0) is 7.40. The van der Waals surface area contributed by atoms with E-state index in [1.54, 1.807) is 11.3 Å². The van der Waals surface area contributed by atoms with Crippen LogP contribution in [0.1, 0.15) is 12.5 Å². The third-order valence-electron chi connectivity index (χ3n) is 0.941. The van der Waals surface area contributed by atoms with Crippen LogP contribution in [0.25, 0.3) is 0 Å². The number of hydrogen-bond donors (Lipinski definition) is 0. The summed E-state index contributed by atoms with van der Waals surface area (Å²) < 4.78 is 0. The van der Waals surface area contributed by atoms with Gasteiger partial charge in [-0.2, -0.15) is 11.3 Å². The van der Waals surface area contributed by atoms with E-state index < -0.39 is 0 Å². The minimum absolute atomic E-state index is 0.909. The van der Waals surface area contributed by atoms with Gasteiger partial charge in [-0.05, 0) is 23.9 Å². The molecule has 1 heteroatoms. The van der Waals surface area contributed by atoms with Crippen molar-refractivity contribution in [1.29, 1.82) is 0 Å². The third kappa shape index (κ3) is 2.08. The maximum Gasteiger partial charge on any atom is 0.0355 e. The fourth-order valence-corrected chi connectivity index (χ4v) is 1.10. The Balaban J connectivity index is 2.75. The molecule has 0 aliphatic carbocycles. The Morgan fingerprint density at radius 1 is 1.70 bits per heavy atom. The van der Waals surface area contributed by atoms with E-state index in [9.17, 15) is 0 Å². The maximum atomic E-state index is 3.68. The molecular formula is C9H8S. The Morgan fingerprint density at radius 3 is 3.00 bits per heavy atom. The van der Waals surface area contributed by atoms with Crippen molar-refractivity contribution in [3.63, 3.8) is 0 Å². The average Bonchev–Trinajstić information content (AvgIpc) is 2.34. The molecule has 1 rings (SSSR count). The number of hydrogen-bond acceptors (Lipinski definition) is 1. The molecule has 0 atom stereocenters. The van der Waals surface area contributed by atoms with Crippen LogP contribution in [0.15, 0.2) is 29.0 Å². The van der Waals surface area contributed by atoms with E-state index in [4.69, 9.17) is 0 Å². The topological polar surface area (TPSA) is 0 Å². The van der Waals surface area contributed by atoms with Crippen LogP contribution in [-0.2, 0) is 0 Å². The lowest BCUT2D eigenvalue weighted by Gasteiger charge is -1.76. The summed E-state index contributed by atoms with van der Waals surface area (Å²) in [5.74, 6) is 5.90. The number of thiophene rings is 1. The van der Waals surface area contributed by atoms with Crippen molar-refractivity contribution in [3.05, 3.63) is 34.5 Å². The van der Waals surface area contributed by atoms with Crippen LogP contribution in [0.2, 0.25) is 0 Å².